The lowest BCUT2D eigenvalue weighted by molar-refractivity contribution is -0.121. The molecule has 1 amide bonds. The molecule has 0 bridgehead atoms. The molecule has 4 rings (SSSR count). The van der Waals surface area contributed by atoms with Crippen molar-refractivity contribution in [3.63, 3.8) is 0 Å². The van der Waals surface area contributed by atoms with Crippen LogP contribution in [0.4, 0.5) is 0 Å². The first-order valence-electron chi connectivity index (χ1n) is 7.86. The van der Waals surface area contributed by atoms with Crippen molar-refractivity contribution < 1.29 is 4.79 Å². The monoisotopic (exact) mass is 316 g/mol. The molecule has 0 spiro atoms. The quantitative estimate of drug-likeness (QED) is 0.807. The highest BCUT2D eigenvalue weighted by Gasteiger charge is 2.13. The van der Waals surface area contributed by atoms with Gasteiger partial charge in [-0.3, -0.25) is 9.36 Å². The summed E-state index contributed by atoms with van der Waals surface area (Å²) in [5.41, 5.74) is 6.59. The largest absolute Gasteiger partial charge is 0.300 e. The average molecular weight is 316 g/mol. The van der Waals surface area contributed by atoms with Gasteiger partial charge < -0.3 is 0 Å². The van der Waals surface area contributed by atoms with E-state index in [1.54, 1.807) is 6.20 Å². The molecule has 2 aromatic carbocycles. The molecule has 118 valence electrons. The smallest absolute Gasteiger partial charge is 0.240 e. The molecule has 1 aromatic heterocycles. The molecule has 0 unspecified atom stereocenters. The van der Waals surface area contributed by atoms with Crippen LogP contribution in [0.3, 0.4) is 0 Å². The minimum atomic E-state index is -0.0266. The molecule has 5 nitrogen and oxygen atoms in total. The van der Waals surface area contributed by atoms with Gasteiger partial charge in [0.2, 0.25) is 5.91 Å². The number of imidazole rings is 1. The van der Waals surface area contributed by atoms with Crippen molar-refractivity contribution in [2.45, 2.75) is 12.8 Å². The van der Waals surface area contributed by atoms with Crippen molar-refractivity contribution in [2.24, 2.45) is 5.10 Å². The normalized spacial score (nSPS) is 14.2. The number of nitrogens with one attached hydrogen (secondary N) is 1. The molecular weight excluding hydrogens is 300 g/mol. The molecule has 24 heavy (non-hydrogen) atoms. The lowest BCUT2D eigenvalue weighted by atomic mass is 10.0. The second-order valence-electron chi connectivity index (χ2n) is 5.63. The predicted molar refractivity (Wildman–Crippen MR) is 92.9 cm³/mol. The highest BCUT2D eigenvalue weighted by Crippen LogP contribution is 2.22. The van der Waals surface area contributed by atoms with Crippen molar-refractivity contribution in [3.8, 4) is 17.1 Å². The summed E-state index contributed by atoms with van der Waals surface area (Å²) in [6.07, 6.45) is 4.92. The SMILES string of the molecule is O=C1CCC(c2ccc(-n3ccnc3-c3ccccc3)cc2)=NN1. The van der Waals surface area contributed by atoms with Gasteiger partial charge in [0.05, 0.1) is 5.71 Å². The van der Waals surface area contributed by atoms with Crippen LogP contribution in [0.1, 0.15) is 18.4 Å². The third kappa shape index (κ3) is 2.72. The Morgan fingerprint density at radius 2 is 1.71 bits per heavy atom. The first kappa shape index (κ1) is 14.4. The Morgan fingerprint density at radius 3 is 2.42 bits per heavy atom. The third-order valence-corrected chi connectivity index (χ3v) is 4.06. The number of rotatable bonds is 3. The first-order chi connectivity index (χ1) is 11.8. The van der Waals surface area contributed by atoms with Crippen LogP contribution in [-0.4, -0.2) is 21.2 Å². The van der Waals surface area contributed by atoms with E-state index in [-0.39, 0.29) is 5.91 Å². The number of aromatic nitrogens is 2. The maximum atomic E-state index is 11.2. The van der Waals surface area contributed by atoms with Crippen LogP contribution in [0, 0.1) is 0 Å². The molecule has 1 aliphatic rings. The first-order valence-corrected chi connectivity index (χ1v) is 7.86. The number of carbonyl (C=O) groups is 1. The Kier molecular flexibility index (Phi) is 3.67. The van der Waals surface area contributed by atoms with E-state index in [2.05, 4.69) is 20.1 Å². The van der Waals surface area contributed by atoms with Gasteiger partial charge in [0.15, 0.2) is 0 Å². The van der Waals surface area contributed by atoms with Crippen LogP contribution >= 0.6 is 0 Å². The van der Waals surface area contributed by atoms with Crippen molar-refractivity contribution >= 4 is 11.6 Å². The highest BCUT2D eigenvalue weighted by atomic mass is 16.2. The lowest BCUT2D eigenvalue weighted by Crippen LogP contribution is -2.25. The average Bonchev–Trinajstić information content (AvgIpc) is 3.13. The highest BCUT2D eigenvalue weighted by molar-refractivity contribution is 6.04. The van der Waals surface area contributed by atoms with Gasteiger partial charge in [-0.05, 0) is 17.7 Å². The van der Waals surface area contributed by atoms with E-state index in [1.165, 1.54) is 0 Å². The van der Waals surface area contributed by atoms with Crippen LogP contribution in [0.15, 0.2) is 72.1 Å². The molecule has 1 aliphatic heterocycles. The topological polar surface area (TPSA) is 59.3 Å². The Bertz CT molecular complexity index is 895. The summed E-state index contributed by atoms with van der Waals surface area (Å²) in [5.74, 6) is 0.881. The van der Waals surface area contributed by atoms with Crippen LogP contribution in [-0.2, 0) is 4.79 Å². The molecule has 3 aromatic rings. The molecule has 0 atom stereocenters. The van der Waals surface area contributed by atoms with Crippen LogP contribution in [0.5, 0.6) is 0 Å². The van der Waals surface area contributed by atoms with E-state index in [0.29, 0.717) is 12.8 Å². The fraction of sp³-hybridized carbons (Fsp3) is 0.105. The Labute approximate surface area is 139 Å². The van der Waals surface area contributed by atoms with E-state index < -0.39 is 0 Å². The lowest BCUT2D eigenvalue weighted by Gasteiger charge is -2.13. The molecule has 0 saturated heterocycles. The number of carbonyl (C=O) groups excluding carboxylic acids is 1. The maximum Gasteiger partial charge on any atom is 0.240 e. The summed E-state index contributed by atoms with van der Waals surface area (Å²) >= 11 is 0. The second kappa shape index (κ2) is 6.12. The van der Waals surface area contributed by atoms with Gasteiger partial charge in [-0.2, -0.15) is 5.10 Å². The van der Waals surface area contributed by atoms with Gasteiger partial charge in [-0.25, -0.2) is 10.4 Å². The summed E-state index contributed by atoms with van der Waals surface area (Å²) in [6.45, 7) is 0. The molecule has 5 heteroatoms. The Morgan fingerprint density at radius 1 is 0.917 bits per heavy atom. The van der Waals surface area contributed by atoms with Crippen molar-refractivity contribution in [2.75, 3.05) is 0 Å². The maximum absolute atomic E-state index is 11.2. The fourth-order valence-corrected chi connectivity index (χ4v) is 2.81. The number of amides is 1. The van der Waals surface area contributed by atoms with Crippen molar-refractivity contribution in [1.82, 2.24) is 15.0 Å². The predicted octanol–water partition coefficient (Wildman–Crippen LogP) is 3.15. The van der Waals surface area contributed by atoms with Crippen LogP contribution in [0.25, 0.3) is 17.1 Å². The zero-order valence-electron chi connectivity index (χ0n) is 13.0. The van der Waals surface area contributed by atoms with E-state index in [9.17, 15) is 4.79 Å². The second-order valence-corrected chi connectivity index (χ2v) is 5.63. The summed E-state index contributed by atoms with van der Waals surface area (Å²) in [4.78, 5) is 15.7. The zero-order valence-corrected chi connectivity index (χ0v) is 13.0. The fourth-order valence-electron chi connectivity index (χ4n) is 2.81. The summed E-state index contributed by atoms with van der Waals surface area (Å²) < 4.78 is 2.06. The van der Waals surface area contributed by atoms with Gasteiger partial charge in [0.25, 0.3) is 0 Å². The van der Waals surface area contributed by atoms with E-state index in [1.807, 2.05) is 60.8 Å². The minimum Gasteiger partial charge on any atom is -0.300 e. The number of hydrazone groups is 1. The van der Waals surface area contributed by atoms with E-state index >= 15 is 0 Å². The standard InChI is InChI=1S/C19H16N4O/c24-18-11-10-17(21-22-18)14-6-8-16(9-7-14)23-13-12-20-19(23)15-4-2-1-3-5-15/h1-9,12-13H,10-11H2,(H,22,24). The zero-order chi connectivity index (χ0) is 16.4. The number of hydrogen-bond donors (Lipinski definition) is 1. The van der Waals surface area contributed by atoms with E-state index in [4.69, 9.17) is 0 Å². The number of benzene rings is 2. The van der Waals surface area contributed by atoms with Crippen molar-refractivity contribution in [3.05, 3.63) is 72.6 Å². The van der Waals surface area contributed by atoms with Gasteiger partial charge in [0, 0.05) is 36.5 Å². The molecule has 2 heterocycles. The van der Waals surface area contributed by atoms with Crippen LogP contribution in [0.2, 0.25) is 0 Å². The molecule has 0 radical (unpaired) electrons. The van der Waals surface area contributed by atoms with E-state index in [0.717, 1.165) is 28.4 Å². The molecule has 0 fully saturated rings. The Hall–Kier alpha value is -3.21. The third-order valence-electron chi connectivity index (χ3n) is 4.06. The number of hydrogen-bond acceptors (Lipinski definition) is 3. The van der Waals surface area contributed by atoms with Gasteiger partial charge in [-0.1, -0.05) is 42.5 Å². The minimum absolute atomic E-state index is 0.0266. The van der Waals surface area contributed by atoms with Gasteiger partial charge in [-0.15, -0.1) is 0 Å². The van der Waals surface area contributed by atoms with Gasteiger partial charge >= 0.3 is 0 Å². The summed E-state index contributed by atoms with van der Waals surface area (Å²) in [7, 11) is 0. The molecule has 1 N–H and O–H groups in total. The molecular formula is C19H16N4O. The molecule has 0 saturated carbocycles. The Balaban J connectivity index is 1.65. The number of nitrogens with zero attached hydrogens (tertiary/aromatic N) is 3. The summed E-state index contributed by atoms with van der Waals surface area (Å²) in [5, 5.41) is 4.14. The van der Waals surface area contributed by atoms with Crippen LogP contribution < -0.4 is 5.43 Å². The summed E-state index contributed by atoms with van der Waals surface area (Å²) in [6, 6.07) is 18.3. The molecule has 0 aliphatic carbocycles. The van der Waals surface area contributed by atoms with Gasteiger partial charge in [0.1, 0.15) is 5.82 Å². The van der Waals surface area contributed by atoms with Crippen molar-refractivity contribution in [1.29, 1.82) is 0 Å².